The van der Waals surface area contributed by atoms with Gasteiger partial charge in [-0.3, -0.25) is 4.79 Å². The number of nitrogens with zero attached hydrogens (tertiary/aromatic N) is 1. The fourth-order valence-electron chi connectivity index (χ4n) is 2.70. The van der Waals surface area contributed by atoms with Gasteiger partial charge in [-0.25, -0.2) is 13.6 Å². The Kier molecular flexibility index (Phi) is 5.95. The average molecular weight is 392 g/mol. The third-order valence-corrected chi connectivity index (χ3v) is 4.02. The van der Waals surface area contributed by atoms with E-state index < -0.39 is 30.1 Å². The largest absolute Gasteiger partial charge is 0.452 e. The van der Waals surface area contributed by atoms with E-state index in [4.69, 9.17) is 4.74 Å². The maximum Gasteiger partial charge on any atom is 0.339 e. The highest BCUT2D eigenvalue weighted by Crippen LogP contribution is 2.27. The van der Waals surface area contributed by atoms with Crippen LogP contribution in [-0.4, -0.2) is 18.5 Å². The fourth-order valence-corrected chi connectivity index (χ4v) is 2.70. The van der Waals surface area contributed by atoms with Gasteiger partial charge in [0, 0.05) is 11.6 Å². The average Bonchev–Trinajstić information content (AvgIpc) is 2.74. The van der Waals surface area contributed by atoms with Crippen LogP contribution in [0.25, 0.3) is 11.1 Å². The van der Waals surface area contributed by atoms with Crippen LogP contribution in [0.3, 0.4) is 0 Å². The monoisotopic (exact) mass is 392 g/mol. The topological polar surface area (TPSA) is 79.2 Å². The number of nitriles is 1. The molecular weight excluding hydrogens is 378 g/mol. The van der Waals surface area contributed by atoms with Gasteiger partial charge in [0.2, 0.25) is 0 Å². The van der Waals surface area contributed by atoms with Crippen molar-refractivity contribution in [2.75, 3.05) is 11.9 Å². The number of amides is 1. The summed E-state index contributed by atoms with van der Waals surface area (Å²) in [6.45, 7) is -0.691. The molecule has 5 nitrogen and oxygen atoms in total. The smallest absolute Gasteiger partial charge is 0.339 e. The lowest BCUT2D eigenvalue weighted by atomic mass is 9.96. The number of anilines is 1. The van der Waals surface area contributed by atoms with Gasteiger partial charge in [0.15, 0.2) is 6.61 Å². The molecule has 0 aliphatic rings. The zero-order valence-corrected chi connectivity index (χ0v) is 15.0. The zero-order chi connectivity index (χ0) is 20.8. The maximum absolute atomic E-state index is 13.6. The highest BCUT2D eigenvalue weighted by molar-refractivity contribution is 6.00. The molecule has 0 heterocycles. The van der Waals surface area contributed by atoms with Gasteiger partial charge in [-0.05, 0) is 29.8 Å². The Hall–Kier alpha value is -4.05. The number of esters is 1. The van der Waals surface area contributed by atoms with Crippen LogP contribution in [0.5, 0.6) is 0 Å². The van der Waals surface area contributed by atoms with Crippen molar-refractivity contribution in [2.24, 2.45) is 0 Å². The summed E-state index contributed by atoms with van der Waals surface area (Å²) in [6.07, 6.45) is 0. The molecule has 29 heavy (non-hydrogen) atoms. The van der Waals surface area contributed by atoms with E-state index in [0.29, 0.717) is 16.7 Å². The van der Waals surface area contributed by atoms with Gasteiger partial charge in [0.1, 0.15) is 11.6 Å². The number of hydrogen-bond acceptors (Lipinski definition) is 4. The first-order valence-electron chi connectivity index (χ1n) is 8.50. The molecule has 0 atom stereocenters. The molecule has 3 rings (SSSR count). The molecule has 7 heteroatoms. The third kappa shape index (κ3) is 4.62. The van der Waals surface area contributed by atoms with Crippen molar-refractivity contribution in [3.8, 4) is 17.2 Å². The Morgan fingerprint density at radius 3 is 2.41 bits per heavy atom. The summed E-state index contributed by atoms with van der Waals surface area (Å²) in [5.41, 5.74) is 1.22. The van der Waals surface area contributed by atoms with E-state index in [-0.39, 0.29) is 11.3 Å². The van der Waals surface area contributed by atoms with Gasteiger partial charge in [0.25, 0.3) is 5.91 Å². The first-order chi connectivity index (χ1) is 14.0. The predicted octanol–water partition coefficient (Wildman–Crippen LogP) is 4.30. The van der Waals surface area contributed by atoms with E-state index in [0.717, 1.165) is 18.2 Å². The normalized spacial score (nSPS) is 10.1. The molecule has 0 fully saturated rings. The Bertz CT molecular complexity index is 1120. The van der Waals surface area contributed by atoms with Gasteiger partial charge >= 0.3 is 5.97 Å². The van der Waals surface area contributed by atoms with Crippen molar-refractivity contribution in [2.45, 2.75) is 0 Å². The van der Waals surface area contributed by atoms with Crippen molar-refractivity contribution in [1.82, 2.24) is 0 Å². The molecule has 0 saturated carbocycles. The Balaban J connectivity index is 1.74. The number of benzene rings is 3. The molecular formula is C22H14F2N2O3. The maximum atomic E-state index is 13.6. The number of carbonyl (C=O) groups excluding carboxylic acids is 2. The summed E-state index contributed by atoms with van der Waals surface area (Å²) in [4.78, 5) is 24.4. The van der Waals surface area contributed by atoms with Crippen molar-refractivity contribution in [3.05, 3.63) is 89.5 Å². The second-order valence-electron chi connectivity index (χ2n) is 5.95. The highest BCUT2D eigenvalue weighted by atomic mass is 19.1. The van der Waals surface area contributed by atoms with E-state index >= 15 is 0 Å². The standard InChI is InChI=1S/C22H14F2N2O3/c23-15-9-10-19(24)20(11-15)26-21(27)13-29-22(28)18-8-4-3-7-17(18)16-6-2-1-5-14(16)12-25/h1-11H,13H2,(H,26,27). The van der Waals surface area contributed by atoms with Crippen molar-refractivity contribution in [3.63, 3.8) is 0 Å². The van der Waals surface area contributed by atoms with Gasteiger partial charge < -0.3 is 10.1 Å². The Morgan fingerprint density at radius 2 is 1.66 bits per heavy atom. The minimum absolute atomic E-state index is 0.167. The fraction of sp³-hybridized carbons (Fsp3) is 0.0455. The van der Waals surface area contributed by atoms with E-state index in [1.807, 2.05) is 0 Å². The van der Waals surface area contributed by atoms with Crippen molar-refractivity contribution >= 4 is 17.6 Å². The number of nitrogens with one attached hydrogen (secondary N) is 1. The number of hydrogen-bond donors (Lipinski definition) is 1. The first-order valence-corrected chi connectivity index (χ1v) is 8.50. The predicted molar refractivity (Wildman–Crippen MR) is 102 cm³/mol. The second-order valence-corrected chi connectivity index (χ2v) is 5.95. The molecule has 0 bridgehead atoms. The van der Waals surface area contributed by atoms with Gasteiger partial charge in [-0.1, -0.05) is 36.4 Å². The van der Waals surface area contributed by atoms with Crippen molar-refractivity contribution in [1.29, 1.82) is 5.26 Å². The minimum atomic E-state index is -0.822. The number of halogens is 2. The summed E-state index contributed by atoms with van der Waals surface area (Å²) in [7, 11) is 0. The Labute approximate surface area is 165 Å². The lowest BCUT2D eigenvalue weighted by Crippen LogP contribution is -2.21. The third-order valence-electron chi connectivity index (χ3n) is 4.02. The lowest BCUT2D eigenvalue weighted by molar-refractivity contribution is -0.119. The van der Waals surface area contributed by atoms with E-state index in [2.05, 4.69) is 11.4 Å². The molecule has 0 radical (unpaired) electrons. The van der Waals surface area contributed by atoms with E-state index in [9.17, 15) is 23.6 Å². The van der Waals surface area contributed by atoms with Gasteiger partial charge in [-0.15, -0.1) is 0 Å². The summed E-state index contributed by atoms with van der Waals surface area (Å²) in [6, 6.07) is 17.9. The van der Waals surface area contributed by atoms with Crippen molar-refractivity contribution < 1.29 is 23.1 Å². The minimum Gasteiger partial charge on any atom is -0.452 e. The molecule has 1 N–H and O–H groups in total. The number of carbonyl (C=O) groups is 2. The molecule has 0 aliphatic heterocycles. The van der Waals surface area contributed by atoms with Crippen LogP contribution in [0.2, 0.25) is 0 Å². The molecule has 0 aromatic heterocycles. The molecule has 3 aromatic rings. The van der Waals surface area contributed by atoms with Crippen LogP contribution >= 0.6 is 0 Å². The molecule has 1 amide bonds. The number of ether oxygens (including phenoxy) is 1. The van der Waals surface area contributed by atoms with Crippen LogP contribution in [0.15, 0.2) is 66.7 Å². The van der Waals surface area contributed by atoms with Gasteiger partial charge in [0.05, 0.1) is 22.9 Å². The summed E-state index contributed by atoms with van der Waals surface area (Å²) >= 11 is 0. The quantitative estimate of drug-likeness (QED) is 0.657. The molecule has 0 aliphatic carbocycles. The summed E-state index contributed by atoms with van der Waals surface area (Å²) in [5, 5.41) is 11.4. The van der Waals surface area contributed by atoms with Gasteiger partial charge in [-0.2, -0.15) is 5.26 Å². The first kappa shape index (κ1) is 19.7. The zero-order valence-electron chi connectivity index (χ0n) is 15.0. The molecule has 3 aromatic carbocycles. The van der Waals surface area contributed by atoms with Crippen LogP contribution < -0.4 is 5.32 Å². The summed E-state index contributed by atoms with van der Waals surface area (Å²) in [5.74, 6) is -3.14. The lowest BCUT2D eigenvalue weighted by Gasteiger charge is -2.11. The second kappa shape index (κ2) is 8.76. The van der Waals surface area contributed by atoms with Crippen LogP contribution in [-0.2, 0) is 9.53 Å². The molecule has 0 saturated heterocycles. The SMILES string of the molecule is N#Cc1ccccc1-c1ccccc1C(=O)OCC(=O)Nc1cc(F)ccc1F. The van der Waals surface area contributed by atoms with Crippen LogP contribution in [0.1, 0.15) is 15.9 Å². The molecule has 144 valence electrons. The highest BCUT2D eigenvalue weighted by Gasteiger charge is 2.17. The van der Waals surface area contributed by atoms with Crippen LogP contribution in [0.4, 0.5) is 14.5 Å². The van der Waals surface area contributed by atoms with E-state index in [1.54, 1.807) is 42.5 Å². The molecule has 0 unspecified atom stereocenters. The Morgan fingerprint density at radius 1 is 0.966 bits per heavy atom. The van der Waals surface area contributed by atoms with E-state index in [1.165, 1.54) is 6.07 Å². The summed E-state index contributed by atoms with van der Waals surface area (Å²) < 4.78 is 31.8. The number of rotatable bonds is 5. The van der Waals surface area contributed by atoms with Crippen LogP contribution in [0, 0.1) is 23.0 Å². The molecule has 0 spiro atoms.